The monoisotopic (exact) mass is 238 g/mol. The summed E-state index contributed by atoms with van der Waals surface area (Å²) in [7, 11) is 0. The van der Waals surface area contributed by atoms with Gasteiger partial charge in [0.05, 0.1) is 10.7 Å². The molecule has 0 bridgehead atoms. The highest BCUT2D eigenvalue weighted by molar-refractivity contribution is 6.33. The van der Waals surface area contributed by atoms with E-state index in [-0.39, 0.29) is 0 Å². The molecule has 0 saturated carbocycles. The Kier molecular flexibility index (Phi) is 4.08. The Morgan fingerprint density at radius 2 is 2.31 bits per heavy atom. The number of rotatable bonds is 3. The normalized spacial score (nSPS) is 20.9. The molecular formula is C13H19ClN2. The van der Waals surface area contributed by atoms with E-state index in [4.69, 9.17) is 17.3 Å². The lowest BCUT2D eigenvalue weighted by atomic mass is 9.92. The quantitative estimate of drug-likeness (QED) is 0.795. The molecule has 1 aromatic rings. The molecule has 1 unspecified atom stereocenters. The van der Waals surface area contributed by atoms with Gasteiger partial charge in [-0.3, -0.25) is 0 Å². The molecule has 88 valence electrons. The highest BCUT2D eigenvalue weighted by Crippen LogP contribution is 2.25. The zero-order valence-corrected chi connectivity index (χ0v) is 10.3. The number of anilines is 1. The Labute approximate surface area is 102 Å². The van der Waals surface area contributed by atoms with Gasteiger partial charge in [-0.25, -0.2) is 0 Å². The standard InChI is InChI=1S/C13H19ClN2/c14-12-5-1-4-11(13(12)15)7-6-10-3-2-8-16-9-10/h1,4-5,10,16H,2-3,6-9,15H2. The van der Waals surface area contributed by atoms with Crippen LogP contribution in [0.4, 0.5) is 5.69 Å². The van der Waals surface area contributed by atoms with Crippen molar-refractivity contribution in [2.75, 3.05) is 18.8 Å². The van der Waals surface area contributed by atoms with Crippen LogP contribution in [-0.4, -0.2) is 13.1 Å². The Morgan fingerprint density at radius 3 is 3.06 bits per heavy atom. The summed E-state index contributed by atoms with van der Waals surface area (Å²) in [5.74, 6) is 0.798. The minimum Gasteiger partial charge on any atom is -0.397 e. The maximum Gasteiger partial charge on any atom is 0.0638 e. The molecule has 16 heavy (non-hydrogen) atoms. The highest BCUT2D eigenvalue weighted by Gasteiger charge is 2.13. The van der Waals surface area contributed by atoms with Gasteiger partial charge in [-0.2, -0.15) is 0 Å². The smallest absolute Gasteiger partial charge is 0.0638 e. The summed E-state index contributed by atoms with van der Waals surface area (Å²) < 4.78 is 0. The predicted molar refractivity (Wildman–Crippen MR) is 69.8 cm³/mol. The molecular weight excluding hydrogens is 220 g/mol. The molecule has 0 aliphatic carbocycles. The average molecular weight is 239 g/mol. The van der Waals surface area contributed by atoms with E-state index < -0.39 is 0 Å². The van der Waals surface area contributed by atoms with E-state index >= 15 is 0 Å². The van der Waals surface area contributed by atoms with Gasteiger partial charge in [-0.15, -0.1) is 0 Å². The van der Waals surface area contributed by atoms with Crippen molar-refractivity contribution >= 4 is 17.3 Å². The number of benzene rings is 1. The van der Waals surface area contributed by atoms with E-state index in [2.05, 4.69) is 11.4 Å². The van der Waals surface area contributed by atoms with Crippen LogP contribution in [0.15, 0.2) is 18.2 Å². The van der Waals surface area contributed by atoms with Crippen LogP contribution >= 0.6 is 11.6 Å². The molecule has 0 aromatic heterocycles. The Balaban J connectivity index is 1.91. The van der Waals surface area contributed by atoms with Crippen molar-refractivity contribution in [3.05, 3.63) is 28.8 Å². The van der Waals surface area contributed by atoms with Gasteiger partial charge in [0, 0.05) is 0 Å². The Morgan fingerprint density at radius 1 is 1.44 bits per heavy atom. The van der Waals surface area contributed by atoms with E-state index in [1.54, 1.807) is 0 Å². The molecule has 1 aromatic carbocycles. The van der Waals surface area contributed by atoms with Gasteiger partial charge in [0.25, 0.3) is 0 Å². The molecule has 1 fully saturated rings. The Hall–Kier alpha value is -0.730. The van der Waals surface area contributed by atoms with Gasteiger partial charge in [0.15, 0.2) is 0 Å². The van der Waals surface area contributed by atoms with E-state index in [0.717, 1.165) is 24.6 Å². The number of nitrogens with two attached hydrogens (primary N) is 1. The van der Waals surface area contributed by atoms with E-state index in [1.807, 2.05) is 12.1 Å². The fourth-order valence-corrected chi connectivity index (χ4v) is 2.52. The van der Waals surface area contributed by atoms with Gasteiger partial charge in [0.1, 0.15) is 0 Å². The number of aryl methyl sites for hydroxylation is 1. The summed E-state index contributed by atoms with van der Waals surface area (Å²) in [5, 5.41) is 4.12. The summed E-state index contributed by atoms with van der Waals surface area (Å²) in [5.41, 5.74) is 7.90. The van der Waals surface area contributed by atoms with Crippen LogP contribution in [0.25, 0.3) is 0 Å². The van der Waals surface area contributed by atoms with Crippen LogP contribution < -0.4 is 11.1 Å². The first-order chi connectivity index (χ1) is 7.77. The molecule has 1 aliphatic heterocycles. The molecule has 1 heterocycles. The zero-order chi connectivity index (χ0) is 11.4. The molecule has 0 spiro atoms. The lowest BCUT2D eigenvalue weighted by Gasteiger charge is -2.22. The van der Waals surface area contributed by atoms with Crippen molar-refractivity contribution in [2.24, 2.45) is 5.92 Å². The predicted octanol–water partition coefficient (Wildman–Crippen LogP) is 2.85. The van der Waals surface area contributed by atoms with Crippen LogP contribution in [0.3, 0.4) is 0 Å². The SMILES string of the molecule is Nc1c(Cl)cccc1CCC1CCCNC1. The highest BCUT2D eigenvalue weighted by atomic mass is 35.5. The third-order valence-corrected chi connectivity index (χ3v) is 3.69. The molecule has 3 heteroatoms. The second-order valence-corrected chi connectivity index (χ2v) is 4.97. The van der Waals surface area contributed by atoms with Crippen LogP contribution in [0.1, 0.15) is 24.8 Å². The third-order valence-electron chi connectivity index (χ3n) is 3.36. The van der Waals surface area contributed by atoms with E-state index in [0.29, 0.717) is 5.02 Å². The molecule has 2 rings (SSSR count). The summed E-state index contributed by atoms with van der Waals surface area (Å²) >= 11 is 6.00. The number of hydrogen-bond donors (Lipinski definition) is 2. The fraction of sp³-hybridized carbons (Fsp3) is 0.538. The van der Waals surface area contributed by atoms with Gasteiger partial charge in [0.2, 0.25) is 0 Å². The topological polar surface area (TPSA) is 38.0 Å². The number of nitrogens with one attached hydrogen (secondary N) is 1. The van der Waals surface area contributed by atoms with Gasteiger partial charge in [-0.1, -0.05) is 23.7 Å². The second-order valence-electron chi connectivity index (χ2n) is 4.56. The van der Waals surface area contributed by atoms with Gasteiger partial charge in [-0.05, 0) is 56.3 Å². The fourth-order valence-electron chi connectivity index (χ4n) is 2.33. The molecule has 1 aliphatic rings. The molecule has 1 atom stereocenters. The maximum absolute atomic E-state index is 6.00. The number of para-hydroxylation sites is 1. The number of halogens is 1. The van der Waals surface area contributed by atoms with Gasteiger partial charge >= 0.3 is 0 Å². The van der Waals surface area contributed by atoms with Crippen molar-refractivity contribution in [2.45, 2.75) is 25.7 Å². The third kappa shape index (κ3) is 2.89. The lowest BCUT2D eigenvalue weighted by Crippen LogP contribution is -2.29. The summed E-state index contributed by atoms with van der Waals surface area (Å²) in [6, 6.07) is 5.91. The second kappa shape index (κ2) is 5.55. The first kappa shape index (κ1) is 11.7. The molecule has 1 saturated heterocycles. The summed E-state index contributed by atoms with van der Waals surface area (Å²) in [4.78, 5) is 0. The van der Waals surface area contributed by atoms with Crippen molar-refractivity contribution < 1.29 is 0 Å². The number of piperidine rings is 1. The number of hydrogen-bond acceptors (Lipinski definition) is 2. The molecule has 3 N–H and O–H groups in total. The summed E-state index contributed by atoms with van der Waals surface area (Å²) in [6.45, 7) is 2.33. The first-order valence-corrected chi connectivity index (χ1v) is 6.39. The van der Waals surface area contributed by atoms with Crippen LogP contribution in [0, 0.1) is 5.92 Å². The van der Waals surface area contributed by atoms with Crippen molar-refractivity contribution in [3.8, 4) is 0 Å². The van der Waals surface area contributed by atoms with E-state index in [1.165, 1.54) is 31.4 Å². The van der Waals surface area contributed by atoms with E-state index in [9.17, 15) is 0 Å². The minimum atomic E-state index is 0.680. The van der Waals surface area contributed by atoms with Crippen LogP contribution in [-0.2, 0) is 6.42 Å². The average Bonchev–Trinajstić information content (AvgIpc) is 2.32. The minimum absolute atomic E-state index is 0.680. The first-order valence-electron chi connectivity index (χ1n) is 6.01. The van der Waals surface area contributed by atoms with Crippen LogP contribution in [0.5, 0.6) is 0 Å². The lowest BCUT2D eigenvalue weighted by molar-refractivity contribution is 0.358. The molecule has 0 amide bonds. The van der Waals surface area contributed by atoms with Gasteiger partial charge < -0.3 is 11.1 Å². The van der Waals surface area contributed by atoms with Crippen molar-refractivity contribution in [1.29, 1.82) is 0 Å². The zero-order valence-electron chi connectivity index (χ0n) is 9.51. The maximum atomic E-state index is 6.00. The Bertz CT molecular complexity index is 346. The molecule has 0 radical (unpaired) electrons. The molecule has 2 nitrogen and oxygen atoms in total. The largest absolute Gasteiger partial charge is 0.397 e. The van der Waals surface area contributed by atoms with Crippen molar-refractivity contribution in [1.82, 2.24) is 5.32 Å². The summed E-state index contributed by atoms with van der Waals surface area (Å²) in [6.07, 6.45) is 4.89. The van der Waals surface area contributed by atoms with Crippen molar-refractivity contribution in [3.63, 3.8) is 0 Å². The number of nitrogen functional groups attached to an aromatic ring is 1. The van der Waals surface area contributed by atoms with Crippen LogP contribution in [0.2, 0.25) is 5.02 Å².